The molecule has 17 nitrogen and oxygen atoms in total. The normalized spacial score (nSPS) is 14.9. The number of ether oxygens (including phenoxy) is 4. The van der Waals surface area contributed by atoms with Gasteiger partial charge in [-0.15, -0.1) is 0 Å². The van der Waals surface area contributed by atoms with Gasteiger partial charge in [-0.3, -0.25) is 37.3 Å². The number of phosphoric ester groups is 2. The number of unbranched alkanes of at least 4 members (excludes halogenated alkanes) is 33. The minimum absolute atomic E-state index is 0.0851. The highest BCUT2D eigenvalue weighted by molar-refractivity contribution is 7.47. The molecule has 0 bridgehead atoms. The monoisotopic (exact) mass is 1320 g/mol. The maximum absolute atomic E-state index is 13.0. The van der Waals surface area contributed by atoms with E-state index in [1.165, 1.54) is 135 Å². The lowest BCUT2D eigenvalue weighted by Gasteiger charge is -2.21. The van der Waals surface area contributed by atoms with E-state index in [2.05, 4.69) is 65.8 Å². The van der Waals surface area contributed by atoms with Crippen molar-refractivity contribution in [2.24, 2.45) is 11.8 Å². The summed E-state index contributed by atoms with van der Waals surface area (Å²) in [7, 11) is -9.91. The van der Waals surface area contributed by atoms with Gasteiger partial charge in [-0.2, -0.15) is 0 Å². The quantitative estimate of drug-likeness (QED) is 0.0169. The summed E-state index contributed by atoms with van der Waals surface area (Å²) in [5, 5.41) is 10.6. The van der Waals surface area contributed by atoms with Crippen LogP contribution in [0, 0.1) is 11.8 Å². The third-order valence-corrected chi connectivity index (χ3v) is 18.5. The first-order valence-electron chi connectivity index (χ1n) is 36.4. The Morgan fingerprint density at radius 3 is 0.944 bits per heavy atom. The largest absolute Gasteiger partial charge is 0.472 e. The molecule has 7 atom stereocenters. The summed E-state index contributed by atoms with van der Waals surface area (Å²) in [5.41, 5.74) is 0. The number of aliphatic hydroxyl groups is 1. The van der Waals surface area contributed by atoms with Crippen molar-refractivity contribution in [2.75, 3.05) is 39.6 Å². The molecule has 0 spiro atoms. The topological polar surface area (TPSA) is 237 Å². The van der Waals surface area contributed by atoms with E-state index in [4.69, 9.17) is 37.0 Å². The van der Waals surface area contributed by atoms with Crippen LogP contribution in [0.1, 0.15) is 337 Å². The summed E-state index contributed by atoms with van der Waals surface area (Å²) in [4.78, 5) is 72.5. The van der Waals surface area contributed by atoms with Gasteiger partial charge in [0.1, 0.15) is 19.3 Å². The molecule has 0 saturated heterocycles. The molecular weight excluding hydrogens is 1190 g/mol. The van der Waals surface area contributed by atoms with E-state index in [0.29, 0.717) is 25.7 Å². The van der Waals surface area contributed by atoms with Crippen LogP contribution in [0.5, 0.6) is 0 Å². The minimum Gasteiger partial charge on any atom is -0.462 e. The average molecular weight is 1320 g/mol. The first-order chi connectivity index (χ1) is 43.4. The van der Waals surface area contributed by atoms with E-state index >= 15 is 0 Å². The van der Waals surface area contributed by atoms with Crippen molar-refractivity contribution in [1.82, 2.24) is 0 Å². The predicted molar refractivity (Wildman–Crippen MR) is 363 cm³/mol. The Morgan fingerprint density at radius 2 is 0.622 bits per heavy atom. The van der Waals surface area contributed by atoms with E-state index in [-0.39, 0.29) is 25.7 Å². The first kappa shape index (κ1) is 87.5. The highest BCUT2D eigenvalue weighted by atomic mass is 31.2. The lowest BCUT2D eigenvalue weighted by molar-refractivity contribution is -0.161. The van der Waals surface area contributed by atoms with Gasteiger partial charge in [0.2, 0.25) is 0 Å². The SMILES string of the molecule is CCCCCC/C=C\C=C/CCCCCCCC(=O)O[C@H](COC(=O)CCCCCCCCCCCCCCCCC)COP(=O)(O)OC[C@@H](O)COP(=O)(O)OC[C@@H](COC(=O)CCCCCCCCC(C)CC)OC(=O)CCCCCCCCC(C)CC. The van der Waals surface area contributed by atoms with Crippen molar-refractivity contribution < 1.29 is 80.2 Å². The zero-order chi connectivity index (χ0) is 66.5. The van der Waals surface area contributed by atoms with Crippen LogP contribution in [0.3, 0.4) is 0 Å². The van der Waals surface area contributed by atoms with E-state index in [9.17, 15) is 43.2 Å². The molecule has 4 unspecified atom stereocenters. The van der Waals surface area contributed by atoms with Gasteiger partial charge < -0.3 is 33.8 Å². The van der Waals surface area contributed by atoms with Crippen molar-refractivity contribution in [3.05, 3.63) is 24.3 Å². The lowest BCUT2D eigenvalue weighted by atomic mass is 10.00. The number of allylic oxidation sites excluding steroid dienone is 4. The smallest absolute Gasteiger partial charge is 0.462 e. The van der Waals surface area contributed by atoms with E-state index in [0.717, 1.165) is 121 Å². The molecule has 0 heterocycles. The van der Waals surface area contributed by atoms with E-state index in [1.54, 1.807) is 0 Å². The number of esters is 4. The van der Waals surface area contributed by atoms with Crippen LogP contribution in [-0.4, -0.2) is 96.7 Å². The summed E-state index contributed by atoms with van der Waals surface area (Å²) < 4.78 is 68.2. The molecule has 90 heavy (non-hydrogen) atoms. The van der Waals surface area contributed by atoms with Crippen LogP contribution in [0.2, 0.25) is 0 Å². The molecule has 0 fully saturated rings. The summed E-state index contributed by atoms with van der Waals surface area (Å²) in [6.45, 7) is 9.39. The zero-order valence-corrected chi connectivity index (χ0v) is 59.7. The lowest BCUT2D eigenvalue weighted by Crippen LogP contribution is -2.30. The Kier molecular flexibility index (Phi) is 60.9. The predicted octanol–water partition coefficient (Wildman–Crippen LogP) is 19.9. The van der Waals surface area contributed by atoms with Gasteiger partial charge in [-0.05, 0) is 63.2 Å². The fraction of sp³-hybridized carbons (Fsp3) is 0.887. The fourth-order valence-electron chi connectivity index (χ4n) is 10.2. The highest BCUT2D eigenvalue weighted by Gasteiger charge is 2.30. The Labute approximate surface area is 548 Å². The molecule has 0 aromatic rings. The number of hydrogen-bond donors (Lipinski definition) is 3. The van der Waals surface area contributed by atoms with Crippen LogP contribution in [-0.2, 0) is 65.4 Å². The third-order valence-electron chi connectivity index (χ3n) is 16.6. The Balaban J connectivity index is 5.29. The Morgan fingerprint density at radius 1 is 0.356 bits per heavy atom. The summed E-state index contributed by atoms with van der Waals surface area (Å²) in [6.07, 6.45) is 50.8. The molecule has 0 aliphatic heterocycles. The second kappa shape index (κ2) is 62.6. The van der Waals surface area contributed by atoms with Crippen molar-refractivity contribution in [2.45, 2.75) is 355 Å². The molecule has 0 aromatic heterocycles. The highest BCUT2D eigenvalue weighted by Crippen LogP contribution is 2.45. The van der Waals surface area contributed by atoms with Crippen molar-refractivity contribution >= 4 is 39.5 Å². The van der Waals surface area contributed by atoms with Crippen LogP contribution in [0.4, 0.5) is 0 Å². The maximum Gasteiger partial charge on any atom is 0.472 e. The number of aliphatic hydroxyl groups excluding tert-OH is 1. The summed E-state index contributed by atoms with van der Waals surface area (Å²) in [5.74, 6) is -0.710. The van der Waals surface area contributed by atoms with Crippen molar-refractivity contribution in [1.29, 1.82) is 0 Å². The molecule has 0 saturated carbocycles. The summed E-state index contributed by atoms with van der Waals surface area (Å²) >= 11 is 0. The second-order valence-corrected chi connectivity index (χ2v) is 28.3. The number of carbonyl (C=O) groups excluding carboxylic acids is 4. The zero-order valence-electron chi connectivity index (χ0n) is 57.9. The van der Waals surface area contributed by atoms with Gasteiger partial charge in [0, 0.05) is 25.7 Å². The molecule has 0 radical (unpaired) electrons. The van der Waals surface area contributed by atoms with Crippen LogP contribution in [0.15, 0.2) is 24.3 Å². The number of phosphoric acid groups is 2. The molecular formula is C71H134O17P2. The number of hydrogen-bond acceptors (Lipinski definition) is 15. The number of rotatable bonds is 68. The molecule has 0 amide bonds. The molecule has 0 aliphatic carbocycles. The van der Waals surface area contributed by atoms with Crippen molar-refractivity contribution in [3.8, 4) is 0 Å². The van der Waals surface area contributed by atoms with Gasteiger partial charge in [-0.1, -0.05) is 284 Å². The van der Waals surface area contributed by atoms with E-state index < -0.39 is 97.5 Å². The molecule has 3 N–H and O–H groups in total. The average Bonchev–Trinajstić information content (AvgIpc) is 3.47. The molecule has 0 rings (SSSR count). The molecule has 530 valence electrons. The summed E-state index contributed by atoms with van der Waals surface area (Å²) in [6, 6.07) is 0. The fourth-order valence-corrected chi connectivity index (χ4v) is 11.7. The Bertz CT molecular complexity index is 1850. The molecule has 0 aliphatic rings. The minimum atomic E-state index is -4.96. The van der Waals surface area contributed by atoms with Gasteiger partial charge >= 0.3 is 39.5 Å². The maximum atomic E-state index is 13.0. The van der Waals surface area contributed by atoms with Gasteiger partial charge in [0.05, 0.1) is 26.4 Å². The third kappa shape index (κ3) is 61.7. The van der Waals surface area contributed by atoms with Crippen LogP contribution < -0.4 is 0 Å². The van der Waals surface area contributed by atoms with Crippen molar-refractivity contribution in [3.63, 3.8) is 0 Å². The standard InChI is InChI=1S/C71H134O17P2/c1-7-11-13-15-17-19-21-23-25-27-29-31-33-41-47-53-68(73)81-59-66(87-70(75)55-49-43-34-32-30-28-26-24-22-20-18-16-14-12-8-2)61-85-89(77,78)83-57-65(72)58-84-90(79,80)86-62-67(88-71(76)56-50-44-38-36-40-46-52-64(6)10-4)60-82-69(74)54-48-42-37-35-39-45-51-63(5)9-3/h20,22,24,26,63-67,72H,7-19,21,23,25,27-62H2,1-6H3,(H,77,78)(H,79,80)/b22-20-,26-24-/t63?,64?,65-,66-,67-/m1/s1. The van der Waals surface area contributed by atoms with E-state index in [1.807, 2.05) is 0 Å². The Hall–Kier alpha value is -2.46. The van der Waals surface area contributed by atoms with Crippen LogP contribution in [0.25, 0.3) is 0 Å². The number of carbonyl (C=O) groups is 4. The second-order valence-electron chi connectivity index (χ2n) is 25.4. The van der Waals surface area contributed by atoms with Gasteiger partial charge in [-0.25, -0.2) is 9.13 Å². The van der Waals surface area contributed by atoms with Gasteiger partial charge in [0.15, 0.2) is 12.2 Å². The van der Waals surface area contributed by atoms with Crippen LogP contribution >= 0.6 is 15.6 Å². The first-order valence-corrected chi connectivity index (χ1v) is 39.4. The van der Waals surface area contributed by atoms with Gasteiger partial charge in [0.25, 0.3) is 0 Å². The molecule has 0 aromatic carbocycles. The molecule has 19 heteroatoms.